The van der Waals surface area contributed by atoms with Gasteiger partial charge < -0.3 is 20.1 Å². The second-order valence-electron chi connectivity index (χ2n) is 8.58. The van der Waals surface area contributed by atoms with Crippen molar-refractivity contribution in [3.8, 4) is 5.75 Å². The third-order valence-electron chi connectivity index (χ3n) is 6.28. The fourth-order valence-corrected chi connectivity index (χ4v) is 5.29. The van der Waals surface area contributed by atoms with Crippen LogP contribution in [0.5, 0.6) is 5.75 Å². The van der Waals surface area contributed by atoms with Crippen LogP contribution in [-0.4, -0.2) is 100 Å². The second-order valence-corrected chi connectivity index (χ2v) is 10.6. The van der Waals surface area contributed by atoms with Crippen molar-refractivity contribution in [3.63, 3.8) is 0 Å². The van der Waals surface area contributed by atoms with Gasteiger partial charge in [-0.1, -0.05) is 6.07 Å². The number of anilines is 1. The van der Waals surface area contributed by atoms with Crippen molar-refractivity contribution >= 4 is 21.6 Å². The number of nitrogens with zero attached hydrogens (tertiary/aromatic N) is 3. The van der Waals surface area contributed by atoms with Crippen LogP contribution in [0.4, 0.5) is 5.69 Å². The summed E-state index contributed by atoms with van der Waals surface area (Å²) in [4.78, 5) is 16.6. The van der Waals surface area contributed by atoms with E-state index in [1.165, 1.54) is 10.6 Å². The van der Waals surface area contributed by atoms with Crippen LogP contribution in [-0.2, 0) is 14.8 Å². The highest BCUT2D eigenvalue weighted by Crippen LogP contribution is 2.29. The van der Waals surface area contributed by atoms with Crippen LogP contribution in [0.15, 0.2) is 24.3 Å². The number of aliphatic hydroxyl groups is 1. The number of rotatable bonds is 6. The minimum absolute atomic E-state index is 0.164. The first-order chi connectivity index (χ1) is 14.6. The normalized spacial score (nSPS) is 23.2. The van der Waals surface area contributed by atoms with Crippen molar-refractivity contribution in [1.82, 2.24) is 14.5 Å². The van der Waals surface area contributed by atoms with Crippen molar-refractivity contribution in [2.24, 2.45) is 5.92 Å². The topological polar surface area (TPSA) is 102 Å². The zero-order valence-electron chi connectivity index (χ0n) is 18.6. The van der Waals surface area contributed by atoms with Crippen LogP contribution in [0.25, 0.3) is 0 Å². The number of β-amino-alcohol motifs (C(OH)–C–C–N with tert-alkyl or cyclic N) is 1. The van der Waals surface area contributed by atoms with Gasteiger partial charge in [-0.3, -0.25) is 9.69 Å². The summed E-state index contributed by atoms with van der Waals surface area (Å²) >= 11 is 0. The minimum Gasteiger partial charge on any atom is -0.497 e. The first kappa shape index (κ1) is 23.8. The molecule has 9 nitrogen and oxygen atoms in total. The molecule has 31 heavy (non-hydrogen) atoms. The summed E-state index contributed by atoms with van der Waals surface area (Å²) in [6.07, 6.45) is 2.37. The number of methoxy groups -OCH3 is 1. The van der Waals surface area contributed by atoms with Gasteiger partial charge in [0.1, 0.15) is 5.75 Å². The number of nitrogens with one attached hydrogen (secondary N) is 1. The molecular formula is C21H34N4O5S. The molecule has 10 heteroatoms. The Labute approximate surface area is 185 Å². The first-order valence-corrected chi connectivity index (χ1v) is 12.5. The molecule has 1 aromatic carbocycles. The van der Waals surface area contributed by atoms with E-state index in [4.69, 9.17) is 4.74 Å². The number of piperidine rings is 1. The van der Waals surface area contributed by atoms with E-state index in [-0.39, 0.29) is 12.5 Å². The lowest BCUT2D eigenvalue weighted by atomic mass is 9.90. The maximum atomic E-state index is 12.3. The average molecular weight is 455 g/mol. The van der Waals surface area contributed by atoms with Crippen LogP contribution in [0, 0.1) is 5.92 Å². The summed E-state index contributed by atoms with van der Waals surface area (Å²) in [6, 6.07) is 7.90. The summed E-state index contributed by atoms with van der Waals surface area (Å²) in [5.74, 6) is 0.154. The van der Waals surface area contributed by atoms with Gasteiger partial charge in [-0.15, -0.1) is 0 Å². The largest absolute Gasteiger partial charge is 0.497 e. The molecule has 2 aliphatic heterocycles. The number of carbonyl (C=O) groups excluding carboxylic acids is 1. The molecule has 0 saturated carbocycles. The van der Waals surface area contributed by atoms with E-state index in [0.29, 0.717) is 52.1 Å². The number of carbonyl (C=O) groups is 1. The van der Waals surface area contributed by atoms with E-state index in [1.54, 1.807) is 14.2 Å². The smallest absolute Gasteiger partial charge is 0.225 e. The lowest BCUT2D eigenvalue weighted by Crippen LogP contribution is -2.52. The monoisotopic (exact) mass is 454 g/mol. The van der Waals surface area contributed by atoms with Gasteiger partial charge >= 0.3 is 0 Å². The molecule has 0 bridgehead atoms. The van der Waals surface area contributed by atoms with Gasteiger partial charge in [0.15, 0.2) is 0 Å². The van der Waals surface area contributed by atoms with Crippen molar-refractivity contribution in [2.45, 2.75) is 18.4 Å². The molecule has 1 amide bonds. The molecule has 1 aromatic rings. The molecule has 2 fully saturated rings. The van der Waals surface area contributed by atoms with E-state index in [2.05, 4.69) is 10.2 Å². The molecule has 2 aliphatic rings. The Kier molecular flexibility index (Phi) is 7.46. The lowest BCUT2D eigenvalue weighted by Gasteiger charge is -2.42. The van der Waals surface area contributed by atoms with Crippen LogP contribution in [0.2, 0.25) is 0 Å². The SMILES string of the molecule is CNC(=O)[C@H]1CN(CC2(O)CCN(c3cccc(OC)c3)CC2)CCN(S(C)(=O)=O)C1. The van der Waals surface area contributed by atoms with Gasteiger partial charge in [-0.2, -0.15) is 0 Å². The summed E-state index contributed by atoms with van der Waals surface area (Å²) in [5.41, 5.74) is 0.197. The Morgan fingerprint density at radius 1 is 1.23 bits per heavy atom. The Balaban J connectivity index is 1.64. The van der Waals surface area contributed by atoms with Crippen LogP contribution < -0.4 is 15.0 Å². The fraction of sp³-hybridized carbons (Fsp3) is 0.667. The van der Waals surface area contributed by atoms with Gasteiger partial charge in [-0.05, 0) is 25.0 Å². The Bertz CT molecular complexity index is 870. The molecule has 1 atom stereocenters. The Hall–Kier alpha value is -1.88. The predicted molar refractivity (Wildman–Crippen MR) is 120 cm³/mol. The van der Waals surface area contributed by atoms with Gasteiger partial charge in [0, 0.05) is 64.6 Å². The summed E-state index contributed by atoms with van der Waals surface area (Å²) in [7, 11) is -0.187. The maximum Gasteiger partial charge on any atom is 0.225 e. The van der Waals surface area contributed by atoms with E-state index >= 15 is 0 Å². The van der Waals surface area contributed by atoms with Crippen LogP contribution in [0.3, 0.4) is 0 Å². The Morgan fingerprint density at radius 2 is 1.94 bits per heavy atom. The summed E-state index contributed by atoms with van der Waals surface area (Å²) < 4.78 is 30.8. The van der Waals surface area contributed by atoms with Gasteiger partial charge in [0.25, 0.3) is 0 Å². The van der Waals surface area contributed by atoms with Crippen LogP contribution in [0.1, 0.15) is 12.8 Å². The zero-order chi connectivity index (χ0) is 22.6. The Morgan fingerprint density at radius 3 is 2.55 bits per heavy atom. The van der Waals surface area contributed by atoms with Crippen molar-refractivity contribution < 1.29 is 23.1 Å². The molecule has 0 unspecified atom stereocenters. The first-order valence-electron chi connectivity index (χ1n) is 10.6. The van der Waals surface area contributed by atoms with E-state index in [9.17, 15) is 18.3 Å². The molecule has 2 saturated heterocycles. The van der Waals surface area contributed by atoms with E-state index in [1.807, 2.05) is 29.2 Å². The number of ether oxygens (including phenoxy) is 1. The zero-order valence-corrected chi connectivity index (χ0v) is 19.4. The fourth-order valence-electron chi connectivity index (χ4n) is 4.43. The number of hydrogen-bond donors (Lipinski definition) is 2. The number of sulfonamides is 1. The number of amides is 1. The van der Waals surface area contributed by atoms with E-state index in [0.717, 1.165) is 11.4 Å². The molecule has 3 rings (SSSR count). The summed E-state index contributed by atoms with van der Waals surface area (Å²) in [5, 5.41) is 13.9. The van der Waals surface area contributed by atoms with Crippen LogP contribution >= 0.6 is 0 Å². The molecule has 0 radical (unpaired) electrons. The molecule has 0 aromatic heterocycles. The number of benzene rings is 1. The molecule has 0 spiro atoms. The van der Waals surface area contributed by atoms with Gasteiger partial charge in [0.2, 0.25) is 15.9 Å². The average Bonchev–Trinajstić information content (AvgIpc) is 2.96. The third-order valence-corrected chi connectivity index (χ3v) is 7.55. The van der Waals surface area contributed by atoms with Crippen molar-refractivity contribution in [3.05, 3.63) is 24.3 Å². The highest BCUT2D eigenvalue weighted by molar-refractivity contribution is 7.88. The van der Waals surface area contributed by atoms with Gasteiger partial charge in [0.05, 0.1) is 24.9 Å². The number of hydrogen-bond acceptors (Lipinski definition) is 7. The molecular weight excluding hydrogens is 420 g/mol. The standard InChI is InChI=1S/C21H34N4O5S/c1-22-20(26)17-14-23(11-12-25(15-17)31(3,28)29)16-21(27)7-9-24(10-8-21)18-5-4-6-19(13-18)30-2/h4-6,13,17,27H,7-12,14-16H2,1-3H3,(H,22,26)/t17-/m0/s1. The lowest BCUT2D eigenvalue weighted by molar-refractivity contribution is -0.125. The highest BCUT2D eigenvalue weighted by Gasteiger charge is 2.37. The van der Waals surface area contributed by atoms with Crippen molar-refractivity contribution in [2.75, 3.05) is 71.1 Å². The molecule has 174 valence electrons. The maximum absolute atomic E-state index is 12.3. The third kappa shape index (κ3) is 6.09. The van der Waals surface area contributed by atoms with Gasteiger partial charge in [-0.25, -0.2) is 12.7 Å². The highest BCUT2D eigenvalue weighted by atomic mass is 32.2. The predicted octanol–water partition coefficient (Wildman–Crippen LogP) is -0.0341. The minimum atomic E-state index is -3.39. The molecule has 0 aliphatic carbocycles. The van der Waals surface area contributed by atoms with Crippen molar-refractivity contribution in [1.29, 1.82) is 0 Å². The molecule has 2 heterocycles. The molecule has 2 N–H and O–H groups in total. The second kappa shape index (κ2) is 9.72. The van der Waals surface area contributed by atoms with E-state index < -0.39 is 21.5 Å². The summed E-state index contributed by atoms with van der Waals surface area (Å²) in [6.45, 7) is 3.24. The quantitative estimate of drug-likeness (QED) is 0.622.